The quantitative estimate of drug-likeness (QED) is 0.841. The standard InChI is InChI=1S/C14H22BrNO3/c1-8(2)12-13(10(17)7-16-3)9(15)6-11(18-4)14(12)19-5/h6,8,10,16-17H,7H2,1-5H3. The number of likely N-dealkylation sites (N-methyl/N-ethyl adjacent to an activating group) is 1. The molecule has 0 aliphatic rings. The minimum Gasteiger partial charge on any atom is -0.493 e. The van der Waals surface area contributed by atoms with E-state index in [-0.39, 0.29) is 5.92 Å². The molecule has 19 heavy (non-hydrogen) atoms. The first-order valence-electron chi connectivity index (χ1n) is 6.24. The van der Waals surface area contributed by atoms with Crippen molar-refractivity contribution in [3.63, 3.8) is 0 Å². The van der Waals surface area contributed by atoms with E-state index in [1.54, 1.807) is 14.2 Å². The first-order chi connectivity index (χ1) is 8.97. The summed E-state index contributed by atoms with van der Waals surface area (Å²) in [5, 5.41) is 13.3. The van der Waals surface area contributed by atoms with Gasteiger partial charge in [0.15, 0.2) is 11.5 Å². The molecule has 0 aromatic heterocycles. The number of ether oxygens (including phenoxy) is 2. The second-order valence-corrected chi connectivity index (χ2v) is 5.50. The third kappa shape index (κ3) is 3.41. The third-order valence-electron chi connectivity index (χ3n) is 3.01. The van der Waals surface area contributed by atoms with Gasteiger partial charge in [-0.3, -0.25) is 0 Å². The topological polar surface area (TPSA) is 50.7 Å². The van der Waals surface area contributed by atoms with Crippen molar-refractivity contribution < 1.29 is 14.6 Å². The van der Waals surface area contributed by atoms with Gasteiger partial charge in [-0.25, -0.2) is 0 Å². The highest BCUT2D eigenvalue weighted by Gasteiger charge is 2.24. The second kappa shape index (κ2) is 7.12. The van der Waals surface area contributed by atoms with Gasteiger partial charge in [0.05, 0.1) is 20.3 Å². The normalized spacial score (nSPS) is 12.6. The zero-order chi connectivity index (χ0) is 14.6. The van der Waals surface area contributed by atoms with E-state index in [9.17, 15) is 5.11 Å². The van der Waals surface area contributed by atoms with E-state index in [1.165, 1.54) is 0 Å². The van der Waals surface area contributed by atoms with Crippen molar-refractivity contribution in [3.05, 3.63) is 21.7 Å². The summed E-state index contributed by atoms with van der Waals surface area (Å²) in [5.74, 6) is 1.56. The largest absolute Gasteiger partial charge is 0.493 e. The highest BCUT2D eigenvalue weighted by atomic mass is 79.9. The summed E-state index contributed by atoms with van der Waals surface area (Å²) in [4.78, 5) is 0. The third-order valence-corrected chi connectivity index (χ3v) is 3.66. The predicted molar refractivity (Wildman–Crippen MR) is 80.2 cm³/mol. The zero-order valence-electron chi connectivity index (χ0n) is 12.1. The highest BCUT2D eigenvalue weighted by Crippen LogP contribution is 2.44. The molecule has 1 aromatic rings. The molecule has 1 aromatic carbocycles. The molecule has 108 valence electrons. The van der Waals surface area contributed by atoms with E-state index in [0.29, 0.717) is 18.0 Å². The van der Waals surface area contributed by atoms with Crippen molar-refractivity contribution in [2.45, 2.75) is 25.9 Å². The van der Waals surface area contributed by atoms with E-state index in [4.69, 9.17) is 9.47 Å². The van der Waals surface area contributed by atoms with Crippen molar-refractivity contribution in [2.75, 3.05) is 27.8 Å². The maximum atomic E-state index is 10.3. The molecule has 0 amide bonds. The number of rotatable bonds is 6. The van der Waals surface area contributed by atoms with Crippen LogP contribution in [0, 0.1) is 0 Å². The highest BCUT2D eigenvalue weighted by molar-refractivity contribution is 9.10. The van der Waals surface area contributed by atoms with Crippen molar-refractivity contribution >= 4 is 15.9 Å². The number of benzene rings is 1. The molecule has 4 nitrogen and oxygen atoms in total. The van der Waals surface area contributed by atoms with Gasteiger partial charge in [0.2, 0.25) is 0 Å². The van der Waals surface area contributed by atoms with Crippen LogP contribution in [0.2, 0.25) is 0 Å². The van der Waals surface area contributed by atoms with Crippen molar-refractivity contribution in [1.82, 2.24) is 5.32 Å². The van der Waals surface area contributed by atoms with Crippen molar-refractivity contribution in [1.29, 1.82) is 0 Å². The second-order valence-electron chi connectivity index (χ2n) is 4.65. The summed E-state index contributed by atoms with van der Waals surface area (Å²) in [6.07, 6.45) is -0.600. The molecule has 0 saturated carbocycles. The summed E-state index contributed by atoms with van der Waals surface area (Å²) in [5.41, 5.74) is 1.82. The van der Waals surface area contributed by atoms with Gasteiger partial charge in [-0.1, -0.05) is 29.8 Å². The molecule has 0 bridgehead atoms. The number of aliphatic hydroxyl groups excluding tert-OH is 1. The van der Waals surface area contributed by atoms with Crippen LogP contribution in [-0.4, -0.2) is 32.9 Å². The molecule has 1 atom stereocenters. The maximum absolute atomic E-state index is 10.3. The molecule has 0 aliphatic carbocycles. The lowest BCUT2D eigenvalue weighted by atomic mass is 9.92. The lowest BCUT2D eigenvalue weighted by Crippen LogP contribution is -2.19. The number of nitrogens with one attached hydrogen (secondary N) is 1. The zero-order valence-corrected chi connectivity index (χ0v) is 13.7. The lowest BCUT2D eigenvalue weighted by Gasteiger charge is -2.24. The Kier molecular flexibility index (Phi) is 6.10. The molecule has 0 aliphatic heterocycles. The summed E-state index contributed by atoms with van der Waals surface area (Å²) in [7, 11) is 5.04. The number of hydrogen-bond donors (Lipinski definition) is 2. The molecule has 5 heteroatoms. The Bertz CT molecular complexity index is 435. The summed E-state index contributed by atoms with van der Waals surface area (Å²) in [6, 6.07) is 1.83. The molecule has 0 heterocycles. The summed E-state index contributed by atoms with van der Waals surface area (Å²) < 4.78 is 11.7. The summed E-state index contributed by atoms with van der Waals surface area (Å²) in [6.45, 7) is 4.62. The smallest absolute Gasteiger partial charge is 0.164 e. The fourth-order valence-corrected chi connectivity index (χ4v) is 2.90. The number of halogens is 1. The fraction of sp³-hybridized carbons (Fsp3) is 0.571. The van der Waals surface area contributed by atoms with E-state index in [0.717, 1.165) is 15.6 Å². The monoisotopic (exact) mass is 331 g/mol. The van der Waals surface area contributed by atoms with Gasteiger partial charge < -0.3 is 19.9 Å². The summed E-state index contributed by atoms with van der Waals surface area (Å²) >= 11 is 3.52. The van der Waals surface area contributed by atoms with Crippen molar-refractivity contribution in [2.24, 2.45) is 0 Å². The molecule has 1 unspecified atom stereocenters. The molecule has 0 radical (unpaired) electrons. The first kappa shape index (κ1) is 16.3. The lowest BCUT2D eigenvalue weighted by molar-refractivity contribution is 0.174. The Morgan fingerprint density at radius 2 is 1.89 bits per heavy atom. The van der Waals surface area contributed by atoms with Crippen LogP contribution < -0.4 is 14.8 Å². The Labute approximate surface area is 123 Å². The van der Waals surface area contributed by atoms with Crippen LogP contribution in [0.15, 0.2) is 10.5 Å². The molecule has 1 rings (SSSR count). The van der Waals surface area contributed by atoms with Crippen LogP contribution in [0.5, 0.6) is 11.5 Å². The number of methoxy groups -OCH3 is 2. The minimum atomic E-state index is -0.600. The SMILES string of the molecule is CNCC(O)c1c(Br)cc(OC)c(OC)c1C(C)C. The van der Waals surface area contributed by atoms with Crippen LogP contribution in [0.1, 0.15) is 37.0 Å². The Morgan fingerprint density at radius 1 is 1.26 bits per heavy atom. The molecule has 2 N–H and O–H groups in total. The maximum Gasteiger partial charge on any atom is 0.164 e. The Morgan fingerprint density at radius 3 is 2.32 bits per heavy atom. The van der Waals surface area contributed by atoms with Gasteiger partial charge in [-0.15, -0.1) is 0 Å². The predicted octanol–water partition coefficient (Wildman–Crippen LogP) is 2.84. The molecular weight excluding hydrogens is 310 g/mol. The molecule has 0 spiro atoms. The minimum absolute atomic E-state index is 0.211. The average Bonchev–Trinajstić information content (AvgIpc) is 2.37. The number of hydrogen-bond acceptors (Lipinski definition) is 4. The van der Waals surface area contributed by atoms with E-state index >= 15 is 0 Å². The molecule has 0 fully saturated rings. The van der Waals surface area contributed by atoms with Crippen LogP contribution >= 0.6 is 15.9 Å². The molecular formula is C14H22BrNO3. The van der Waals surface area contributed by atoms with Gasteiger partial charge in [-0.05, 0) is 19.0 Å². The van der Waals surface area contributed by atoms with Gasteiger partial charge in [0, 0.05) is 22.1 Å². The van der Waals surface area contributed by atoms with E-state index in [1.807, 2.05) is 13.1 Å². The van der Waals surface area contributed by atoms with Gasteiger partial charge in [-0.2, -0.15) is 0 Å². The van der Waals surface area contributed by atoms with Crippen LogP contribution in [0.3, 0.4) is 0 Å². The first-order valence-corrected chi connectivity index (χ1v) is 7.04. The average molecular weight is 332 g/mol. The van der Waals surface area contributed by atoms with Gasteiger partial charge >= 0.3 is 0 Å². The Hall–Kier alpha value is -0.780. The van der Waals surface area contributed by atoms with E-state index in [2.05, 4.69) is 35.1 Å². The van der Waals surface area contributed by atoms with Gasteiger partial charge in [0.1, 0.15) is 0 Å². The van der Waals surface area contributed by atoms with E-state index < -0.39 is 6.10 Å². The van der Waals surface area contributed by atoms with Crippen LogP contribution in [0.25, 0.3) is 0 Å². The number of aliphatic hydroxyl groups is 1. The fourth-order valence-electron chi connectivity index (χ4n) is 2.21. The van der Waals surface area contributed by atoms with Gasteiger partial charge in [0.25, 0.3) is 0 Å². The molecule has 0 saturated heterocycles. The Balaban J connectivity index is 3.51. The van der Waals surface area contributed by atoms with Crippen LogP contribution in [-0.2, 0) is 0 Å². The van der Waals surface area contributed by atoms with Crippen LogP contribution in [0.4, 0.5) is 0 Å². The van der Waals surface area contributed by atoms with Crippen molar-refractivity contribution in [3.8, 4) is 11.5 Å².